The molecule has 1 atom stereocenters. The van der Waals surface area contributed by atoms with E-state index in [1.54, 1.807) is 18.2 Å². The van der Waals surface area contributed by atoms with Crippen LogP contribution in [0.1, 0.15) is 17.2 Å². The predicted octanol–water partition coefficient (Wildman–Crippen LogP) is 2.09. The molecule has 146 valence electrons. The van der Waals surface area contributed by atoms with E-state index in [2.05, 4.69) is 10.6 Å². The van der Waals surface area contributed by atoms with Crippen molar-refractivity contribution in [2.45, 2.75) is 6.04 Å². The zero-order valence-corrected chi connectivity index (χ0v) is 15.0. The minimum Gasteiger partial charge on any atom is -0.478 e. The molecule has 2 amide bonds. The quantitative estimate of drug-likeness (QED) is 0.557. The number of carbonyl (C=O) groups is 4. The van der Waals surface area contributed by atoms with Gasteiger partial charge in [0.15, 0.2) is 0 Å². The van der Waals surface area contributed by atoms with E-state index in [-0.39, 0.29) is 0 Å². The smallest absolute Gasteiger partial charge is 0.328 e. The maximum absolute atomic E-state index is 12.1. The standard InChI is InChI=1S/C21H16N2O6/c24-17(7-9-19(26)27)22-12-5-6-14-13-3-1-2-4-15(13)21(16(14)11-12)23-18(25)8-10-20(28)29/h1-11,21H,(H,22,24)(H,23,25)(H,26,27)(H,28,29)/b9-7+,10-8+. The summed E-state index contributed by atoms with van der Waals surface area (Å²) < 4.78 is 0. The van der Waals surface area contributed by atoms with Crippen LogP contribution >= 0.6 is 0 Å². The maximum Gasteiger partial charge on any atom is 0.328 e. The molecule has 0 saturated carbocycles. The molecule has 29 heavy (non-hydrogen) atoms. The molecule has 3 rings (SSSR count). The van der Waals surface area contributed by atoms with E-state index in [4.69, 9.17) is 10.2 Å². The molecule has 0 aliphatic heterocycles. The fourth-order valence-corrected chi connectivity index (χ4v) is 3.11. The highest BCUT2D eigenvalue weighted by molar-refractivity contribution is 6.02. The lowest BCUT2D eigenvalue weighted by molar-refractivity contribution is -0.132. The number of hydrogen-bond acceptors (Lipinski definition) is 4. The summed E-state index contributed by atoms with van der Waals surface area (Å²) >= 11 is 0. The van der Waals surface area contributed by atoms with Gasteiger partial charge in [-0.2, -0.15) is 0 Å². The van der Waals surface area contributed by atoms with Gasteiger partial charge in [-0.3, -0.25) is 9.59 Å². The topological polar surface area (TPSA) is 133 Å². The molecule has 0 radical (unpaired) electrons. The van der Waals surface area contributed by atoms with Crippen molar-refractivity contribution in [2.24, 2.45) is 0 Å². The van der Waals surface area contributed by atoms with Crippen molar-refractivity contribution in [1.29, 1.82) is 0 Å². The predicted molar refractivity (Wildman–Crippen MR) is 104 cm³/mol. The Morgan fingerprint density at radius 2 is 1.38 bits per heavy atom. The maximum atomic E-state index is 12.1. The highest BCUT2D eigenvalue weighted by atomic mass is 16.4. The summed E-state index contributed by atoms with van der Waals surface area (Å²) in [5, 5.41) is 22.6. The Balaban J connectivity index is 1.91. The van der Waals surface area contributed by atoms with Crippen LogP contribution in [0.15, 0.2) is 66.8 Å². The Morgan fingerprint density at radius 3 is 2.07 bits per heavy atom. The zero-order chi connectivity index (χ0) is 21.0. The van der Waals surface area contributed by atoms with Gasteiger partial charge in [-0.1, -0.05) is 30.3 Å². The average molecular weight is 392 g/mol. The SMILES string of the molecule is O=C(O)/C=C/C(=O)Nc1ccc2c(c1)C(NC(=O)/C=C/C(=O)O)c1ccccc1-2. The Kier molecular flexibility index (Phi) is 5.54. The number of hydrogen-bond donors (Lipinski definition) is 4. The number of nitrogens with one attached hydrogen (secondary N) is 2. The van der Waals surface area contributed by atoms with Gasteiger partial charge in [-0.25, -0.2) is 9.59 Å². The van der Waals surface area contributed by atoms with Gasteiger partial charge in [0.25, 0.3) is 0 Å². The third kappa shape index (κ3) is 4.56. The van der Waals surface area contributed by atoms with E-state index in [0.717, 1.165) is 46.6 Å². The molecule has 1 aliphatic rings. The number of aliphatic carboxylic acids is 2. The highest BCUT2D eigenvalue weighted by Gasteiger charge is 2.29. The van der Waals surface area contributed by atoms with E-state index in [0.29, 0.717) is 5.69 Å². The second kappa shape index (κ2) is 8.22. The first-order chi connectivity index (χ1) is 13.8. The minimum absolute atomic E-state index is 0.428. The van der Waals surface area contributed by atoms with Gasteiger partial charge >= 0.3 is 11.9 Å². The number of carboxylic acid groups (broad SMARTS) is 2. The summed E-state index contributed by atoms with van der Waals surface area (Å²) in [5.41, 5.74) is 3.78. The molecule has 0 fully saturated rings. The number of fused-ring (bicyclic) bond motifs is 3. The fourth-order valence-electron chi connectivity index (χ4n) is 3.11. The number of amides is 2. The summed E-state index contributed by atoms with van der Waals surface area (Å²) in [6.07, 6.45) is 3.32. The molecule has 2 aromatic carbocycles. The number of benzene rings is 2. The normalized spacial score (nSPS) is 14.4. The largest absolute Gasteiger partial charge is 0.478 e. The first kappa shape index (κ1) is 19.6. The minimum atomic E-state index is -1.23. The molecule has 0 saturated heterocycles. The van der Waals surface area contributed by atoms with Crippen molar-refractivity contribution < 1.29 is 29.4 Å². The third-order valence-corrected chi connectivity index (χ3v) is 4.23. The van der Waals surface area contributed by atoms with Crippen LogP contribution in [-0.2, 0) is 19.2 Å². The first-order valence-electron chi connectivity index (χ1n) is 8.52. The van der Waals surface area contributed by atoms with Gasteiger partial charge in [0.1, 0.15) is 0 Å². The zero-order valence-electron chi connectivity index (χ0n) is 15.0. The van der Waals surface area contributed by atoms with Crippen molar-refractivity contribution >= 4 is 29.4 Å². The number of anilines is 1. The van der Waals surface area contributed by atoms with Crippen LogP contribution in [0.4, 0.5) is 5.69 Å². The lowest BCUT2D eigenvalue weighted by atomic mass is 10.0. The highest BCUT2D eigenvalue weighted by Crippen LogP contribution is 2.44. The van der Waals surface area contributed by atoms with E-state index in [9.17, 15) is 19.2 Å². The Morgan fingerprint density at radius 1 is 0.759 bits per heavy atom. The third-order valence-electron chi connectivity index (χ3n) is 4.23. The van der Waals surface area contributed by atoms with Gasteiger partial charge in [0, 0.05) is 30.0 Å². The van der Waals surface area contributed by atoms with E-state index in [1.165, 1.54) is 0 Å². The van der Waals surface area contributed by atoms with E-state index < -0.39 is 29.8 Å². The van der Waals surface area contributed by atoms with E-state index in [1.807, 2.05) is 24.3 Å². The molecule has 8 nitrogen and oxygen atoms in total. The summed E-state index contributed by atoms with van der Waals surface area (Å²) in [6.45, 7) is 0. The fraction of sp³-hybridized carbons (Fsp3) is 0.0476. The van der Waals surface area contributed by atoms with Gasteiger partial charge in [-0.15, -0.1) is 0 Å². The monoisotopic (exact) mass is 392 g/mol. The first-order valence-corrected chi connectivity index (χ1v) is 8.52. The van der Waals surface area contributed by atoms with E-state index >= 15 is 0 Å². The van der Waals surface area contributed by atoms with Crippen LogP contribution in [-0.4, -0.2) is 34.0 Å². The molecule has 2 aromatic rings. The van der Waals surface area contributed by atoms with Gasteiger partial charge < -0.3 is 20.8 Å². The van der Waals surface area contributed by atoms with Crippen LogP contribution in [0.2, 0.25) is 0 Å². The molecular weight excluding hydrogens is 376 g/mol. The van der Waals surface area contributed by atoms with Crippen molar-refractivity contribution in [1.82, 2.24) is 5.32 Å². The molecule has 4 N–H and O–H groups in total. The molecule has 0 heterocycles. The van der Waals surface area contributed by atoms with Crippen molar-refractivity contribution in [3.05, 3.63) is 77.9 Å². The second-order valence-electron chi connectivity index (χ2n) is 6.16. The molecule has 0 aromatic heterocycles. The van der Waals surface area contributed by atoms with Gasteiger partial charge in [-0.05, 0) is 34.4 Å². The lowest BCUT2D eigenvalue weighted by Crippen LogP contribution is -2.26. The molecule has 8 heteroatoms. The van der Waals surface area contributed by atoms with Gasteiger partial charge in [0.05, 0.1) is 6.04 Å². The molecule has 0 spiro atoms. The number of rotatable bonds is 6. The molecular formula is C21H16N2O6. The summed E-state index contributed by atoms with van der Waals surface area (Å²) in [4.78, 5) is 45.1. The lowest BCUT2D eigenvalue weighted by Gasteiger charge is -2.15. The molecule has 1 aliphatic carbocycles. The molecule has 1 unspecified atom stereocenters. The Labute approximate surface area is 165 Å². The average Bonchev–Trinajstić information content (AvgIpc) is 2.98. The number of carbonyl (C=O) groups excluding carboxylic acids is 2. The van der Waals surface area contributed by atoms with Crippen molar-refractivity contribution in [3.63, 3.8) is 0 Å². The summed E-state index contributed by atoms with van der Waals surface area (Å²) in [6, 6.07) is 12.1. The second-order valence-corrected chi connectivity index (χ2v) is 6.16. The van der Waals surface area contributed by atoms with Crippen LogP contribution in [0.3, 0.4) is 0 Å². The summed E-state index contributed by atoms with van der Waals surface area (Å²) in [5.74, 6) is -3.64. The van der Waals surface area contributed by atoms with Crippen molar-refractivity contribution in [3.8, 4) is 11.1 Å². The van der Waals surface area contributed by atoms with Crippen LogP contribution < -0.4 is 10.6 Å². The number of carboxylic acids is 2. The molecule has 0 bridgehead atoms. The summed E-state index contributed by atoms with van der Waals surface area (Å²) in [7, 11) is 0. The Bertz CT molecular complexity index is 1070. The van der Waals surface area contributed by atoms with Gasteiger partial charge in [0.2, 0.25) is 11.8 Å². The van der Waals surface area contributed by atoms with Crippen LogP contribution in [0.25, 0.3) is 11.1 Å². The van der Waals surface area contributed by atoms with Crippen LogP contribution in [0, 0.1) is 0 Å². The van der Waals surface area contributed by atoms with Crippen molar-refractivity contribution in [2.75, 3.05) is 5.32 Å². The van der Waals surface area contributed by atoms with Crippen LogP contribution in [0.5, 0.6) is 0 Å². The Hall–Kier alpha value is -4.20.